The van der Waals surface area contributed by atoms with E-state index in [4.69, 9.17) is 14.4 Å². The molecule has 84 valence electrons. The fourth-order valence-corrected chi connectivity index (χ4v) is 1.65. The number of hydrogen-bond acceptors (Lipinski definition) is 4. The highest BCUT2D eigenvalue weighted by molar-refractivity contribution is 4.48. The van der Waals surface area contributed by atoms with Crippen LogP contribution in [0.1, 0.15) is 13.8 Å². The summed E-state index contributed by atoms with van der Waals surface area (Å²) in [5.74, 6) is 0. The van der Waals surface area contributed by atoms with Gasteiger partial charge < -0.3 is 4.74 Å². The van der Waals surface area contributed by atoms with Crippen LogP contribution in [0.25, 0.3) is 0 Å². The van der Waals surface area contributed by atoms with Crippen LogP contribution in [0.3, 0.4) is 0 Å². The largest absolute Gasteiger partial charge is 0.351 e. The van der Waals surface area contributed by atoms with Crippen LogP contribution in [0.4, 0.5) is 0 Å². The molecule has 0 aliphatic carbocycles. The minimum atomic E-state index is -0.174. The van der Waals surface area contributed by atoms with Gasteiger partial charge in [-0.3, -0.25) is 4.84 Å². The summed E-state index contributed by atoms with van der Waals surface area (Å²) in [4.78, 5) is 11.0. The number of hydroxylamine groups is 5. The molecule has 2 atom stereocenters. The van der Waals surface area contributed by atoms with E-state index in [1.165, 1.54) is 0 Å². The summed E-state index contributed by atoms with van der Waals surface area (Å²) >= 11 is 0. The summed E-state index contributed by atoms with van der Waals surface area (Å²) in [6.45, 7) is 7.56. The van der Waals surface area contributed by atoms with Crippen LogP contribution in [0, 0.1) is 0 Å². The van der Waals surface area contributed by atoms with Crippen LogP contribution in [-0.4, -0.2) is 56.5 Å². The van der Waals surface area contributed by atoms with Crippen molar-refractivity contribution in [3.63, 3.8) is 0 Å². The molecule has 1 rings (SSSR count). The van der Waals surface area contributed by atoms with Gasteiger partial charge in [0, 0.05) is 7.11 Å². The first kappa shape index (κ1) is 11.9. The van der Waals surface area contributed by atoms with Gasteiger partial charge in [-0.25, -0.2) is 0 Å². The molecule has 1 heterocycles. The predicted molar refractivity (Wildman–Crippen MR) is 51.8 cm³/mol. The van der Waals surface area contributed by atoms with Crippen molar-refractivity contribution in [2.75, 3.05) is 40.5 Å². The molecule has 5 nitrogen and oxygen atoms in total. The molecule has 0 amide bonds. The van der Waals surface area contributed by atoms with E-state index in [2.05, 4.69) is 6.92 Å². The van der Waals surface area contributed by atoms with Gasteiger partial charge in [0.1, 0.15) is 13.1 Å². The summed E-state index contributed by atoms with van der Waals surface area (Å²) in [5.41, 5.74) is 0. The molecule has 1 saturated heterocycles. The molecule has 5 heteroatoms. The number of hydrogen-bond donors (Lipinski definition) is 0. The van der Waals surface area contributed by atoms with Crippen molar-refractivity contribution in [2.24, 2.45) is 0 Å². The molecule has 0 aromatic heterocycles. The molecule has 1 aliphatic heterocycles. The Hall–Kier alpha value is -0.200. The lowest BCUT2D eigenvalue weighted by Crippen LogP contribution is -2.49. The van der Waals surface area contributed by atoms with E-state index < -0.39 is 0 Å². The molecule has 0 aromatic rings. The third-order valence-corrected chi connectivity index (χ3v) is 2.71. The molecule has 0 aromatic carbocycles. The van der Waals surface area contributed by atoms with E-state index in [0.717, 1.165) is 26.3 Å². The normalized spacial score (nSPS) is 30.9. The molecular weight excluding hydrogens is 184 g/mol. The van der Waals surface area contributed by atoms with Crippen molar-refractivity contribution in [2.45, 2.75) is 20.1 Å². The molecule has 14 heavy (non-hydrogen) atoms. The number of rotatable bonds is 5. The smallest absolute Gasteiger partial charge is 0.212 e. The molecule has 0 bridgehead atoms. The van der Waals surface area contributed by atoms with Gasteiger partial charge in [-0.1, -0.05) is 0 Å². The quantitative estimate of drug-likeness (QED) is 0.485. The highest BCUT2D eigenvalue weighted by Crippen LogP contribution is 2.19. The van der Waals surface area contributed by atoms with Crippen molar-refractivity contribution in [1.82, 2.24) is 5.06 Å². The van der Waals surface area contributed by atoms with Crippen molar-refractivity contribution < 1.29 is 19.1 Å². The van der Waals surface area contributed by atoms with E-state index in [1.807, 2.05) is 12.0 Å². The van der Waals surface area contributed by atoms with Crippen LogP contribution in [-0.2, 0) is 14.4 Å². The van der Waals surface area contributed by atoms with Gasteiger partial charge in [0.25, 0.3) is 0 Å². The minimum absolute atomic E-state index is 0.174. The molecule has 0 saturated carbocycles. The van der Waals surface area contributed by atoms with E-state index >= 15 is 0 Å². The second kappa shape index (κ2) is 5.04. The summed E-state index contributed by atoms with van der Waals surface area (Å²) in [5, 5.41) is 1.91. The maximum atomic E-state index is 5.82. The number of ether oxygens (including phenoxy) is 1. The highest BCUT2D eigenvalue weighted by atomic mass is 16.8. The number of nitrogens with zero attached hydrogens (tertiary/aromatic N) is 2. The van der Waals surface area contributed by atoms with Crippen molar-refractivity contribution in [1.29, 1.82) is 0 Å². The zero-order valence-corrected chi connectivity index (χ0v) is 9.52. The van der Waals surface area contributed by atoms with Crippen molar-refractivity contribution >= 4 is 0 Å². The number of methoxy groups -OCH3 is 1. The van der Waals surface area contributed by atoms with E-state index in [0.29, 0.717) is 4.65 Å². The van der Waals surface area contributed by atoms with Crippen LogP contribution < -0.4 is 0 Å². The summed E-state index contributed by atoms with van der Waals surface area (Å²) < 4.78 is 5.70. The van der Waals surface area contributed by atoms with Gasteiger partial charge in [0.2, 0.25) is 6.29 Å². The van der Waals surface area contributed by atoms with E-state index in [1.54, 1.807) is 14.2 Å². The Labute approximate surface area is 85.6 Å². The fraction of sp³-hybridized carbons (Fsp3) is 1.00. The summed E-state index contributed by atoms with van der Waals surface area (Å²) in [7, 11) is 3.34. The number of quaternary nitrogens is 1. The first-order chi connectivity index (χ1) is 6.65. The Balaban J connectivity index is 2.51. The average molecular weight is 205 g/mol. The van der Waals surface area contributed by atoms with Crippen LogP contribution in [0.2, 0.25) is 0 Å². The van der Waals surface area contributed by atoms with Gasteiger partial charge in [0.15, 0.2) is 6.67 Å². The van der Waals surface area contributed by atoms with Gasteiger partial charge in [-0.15, -0.1) is 5.06 Å². The zero-order chi connectivity index (χ0) is 10.6. The Morgan fingerprint density at radius 2 is 2.14 bits per heavy atom. The molecule has 1 aliphatic rings. The van der Waals surface area contributed by atoms with Crippen molar-refractivity contribution in [3.05, 3.63) is 0 Å². The van der Waals surface area contributed by atoms with Gasteiger partial charge in [-0.05, 0) is 13.8 Å². The molecule has 1 fully saturated rings. The highest BCUT2D eigenvalue weighted by Gasteiger charge is 2.39. The maximum absolute atomic E-state index is 5.82. The van der Waals surface area contributed by atoms with Crippen LogP contribution >= 0.6 is 0 Å². The monoisotopic (exact) mass is 205 g/mol. The van der Waals surface area contributed by atoms with Crippen LogP contribution in [0.15, 0.2) is 0 Å². The SMILES string of the molecule is CC[N+]1(OC(C)OC)CCN(OC)C1. The second-order valence-electron chi connectivity index (χ2n) is 3.54. The van der Waals surface area contributed by atoms with Gasteiger partial charge in [0.05, 0.1) is 13.7 Å². The first-order valence-electron chi connectivity index (χ1n) is 5.02. The predicted octanol–water partition coefficient (Wildman–Crippen LogP) is 0.582. The van der Waals surface area contributed by atoms with Crippen LogP contribution in [0.5, 0.6) is 0 Å². The molecule has 0 N–H and O–H groups in total. The van der Waals surface area contributed by atoms with Crippen molar-refractivity contribution in [3.8, 4) is 0 Å². The Kier molecular flexibility index (Phi) is 4.28. The maximum Gasteiger partial charge on any atom is 0.212 e. The standard InChI is InChI=1S/C9H21N2O3/c1-5-11(14-9(2)12-3)7-6-10(8-11)13-4/h9H,5-8H2,1-4H3/q+1. The van der Waals surface area contributed by atoms with E-state index in [-0.39, 0.29) is 6.29 Å². The lowest BCUT2D eigenvalue weighted by molar-refractivity contribution is -1.11. The molecule has 0 spiro atoms. The summed E-state index contributed by atoms with van der Waals surface area (Å²) in [6.07, 6.45) is -0.174. The van der Waals surface area contributed by atoms with Gasteiger partial charge >= 0.3 is 0 Å². The Bertz CT molecular complexity index is 179. The fourth-order valence-electron chi connectivity index (χ4n) is 1.65. The lowest BCUT2D eigenvalue weighted by atomic mass is 10.5. The second-order valence-corrected chi connectivity index (χ2v) is 3.54. The Morgan fingerprint density at radius 1 is 1.43 bits per heavy atom. The Morgan fingerprint density at radius 3 is 2.57 bits per heavy atom. The number of likely N-dealkylation sites (N-methyl/N-ethyl adjacent to an activating group) is 1. The molecule has 2 unspecified atom stereocenters. The lowest BCUT2D eigenvalue weighted by Gasteiger charge is -2.31. The van der Waals surface area contributed by atoms with E-state index in [9.17, 15) is 0 Å². The van der Waals surface area contributed by atoms with Gasteiger partial charge in [-0.2, -0.15) is 9.48 Å². The zero-order valence-electron chi connectivity index (χ0n) is 9.52. The third-order valence-electron chi connectivity index (χ3n) is 2.71. The average Bonchev–Trinajstić information content (AvgIpc) is 2.62. The molecule has 0 radical (unpaired) electrons. The minimum Gasteiger partial charge on any atom is -0.351 e. The topological polar surface area (TPSA) is 30.9 Å². The third kappa shape index (κ3) is 2.65. The first-order valence-corrected chi connectivity index (χ1v) is 5.02. The molecular formula is C9H21N2O3+. The summed E-state index contributed by atoms with van der Waals surface area (Å²) in [6, 6.07) is 0.